The average Bonchev–Trinajstić information content (AvgIpc) is 2.82. The monoisotopic (exact) mass is 268 g/mol. The molecule has 1 aromatic rings. The third-order valence-corrected chi connectivity index (χ3v) is 2.76. The van der Waals surface area contributed by atoms with Crippen molar-refractivity contribution in [3.05, 3.63) is 17.5 Å². The zero-order chi connectivity index (χ0) is 13.9. The van der Waals surface area contributed by atoms with E-state index in [4.69, 9.17) is 10.6 Å². The van der Waals surface area contributed by atoms with Crippen LogP contribution >= 0.6 is 0 Å². The van der Waals surface area contributed by atoms with E-state index in [1.807, 2.05) is 13.1 Å². The first kappa shape index (κ1) is 15.5. The summed E-state index contributed by atoms with van der Waals surface area (Å²) in [5.41, 5.74) is 4.93. The van der Waals surface area contributed by atoms with Gasteiger partial charge in [0, 0.05) is 32.5 Å². The molecule has 5 N–H and O–H groups in total. The summed E-state index contributed by atoms with van der Waals surface area (Å²) >= 11 is 0. The first-order valence-electron chi connectivity index (χ1n) is 6.50. The zero-order valence-corrected chi connectivity index (χ0v) is 11.7. The molecule has 19 heavy (non-hydrogen) atoms. The van der Waals surface area contributed by atoms with Crippen molar-refractivity contribution in [2.75, 3.05) is 26.8 Å². The minimum Gasteiger partial charge on any atom is -0.385 e. The van der Waals surface area contributed by atoms with Crippen molar-refractivity contribution in [3.8, 4) is 0 Å². The van der Waals surface area contributed by atoms with E-state index in [9.17, 15) is 0 Å². The molecule has 0 aliphatic rings. The molecule has 0 saturated heterocycles. The Hall–Kier alpha value is -1.60. The summed E-state index contributed by atoms with van der Waals surface area (Å²) in [6.45, 7) is 4.26. The van der Waals surface area contributed by atoms with Crippen LogP contribution in [0.25, 0.3) is 0 Å². The number of hydrogen-bond donors (Lipinski definition) is 4. The van der Waals surface area contributed by atoms with Gasteiger partial charge in [-0.3, -0.25) is 15.5 Å². The summed E-state index contributed by atoms with van der Waals surface area (Å²) in [4.78, 5) is 4.37. The molecule has 0 aromatic carbocycles. The number of nitrogens with two attached hydrogens (primary N) is 1. The van der Waals surface area contributed by atoms with Crippen LogP contribution in [0, 0.1) is 6.92 Å². The Morgan fingerprint density at radius 2 is 2.37 bits per heavy atom. The molecule has 0 fully saturated rings. The van der Waals surface area contributed by atoms with Crippen molar-refractivity contribution < 1.29 is 4.74 Å². The van der Waals surface area contributed by atoms with Gasteiger partial charge in [0.2, 0.25) is 5.96 Å². The lowest BCUT2D eigenvalue weighted by Crippen LogP contribution is -2.42. The summed E-state index contributed by atoms with van der Waals surface area (Å²) < 4.78 is 4.97. The van der Waals surface area contributed by atoms with E-state index < -0.39 is 0 Å². The lowest BCUT2D eigenvalue weighted by molar-refractivity contribution is 0.195. The number of aromatic nitrogens is 2. The molecule has 1 aromatic heterocycles. The number of ether oxygens (including phenoxy) is 1. The number of methoxy groups -OCH3 is 1. The zero-order valence-electron chi connectivity index (χ0n) is 11.7. The van der Waals surface area contributed by atoms with E-state index in [-0.39, 0.29) is 0 Å². The van der Waals surface area contributed by atoms with Crippen molar-refractivity contribution in [1.82, 2.24) is 20.9 Å². The molecule has 108 valence electrons. The Morgan fingerprint density at radius 3 is 3.00 bits per heavy atom. The Labute approximate surface area is 114 Å². The van der Waals surface area contributed by atoms with Crippen LogP contribution in [0.2, 0.25) is 0 Å². The molecule has 1 heterocycles. The van der Waals surface area contributed by atoms with E-state index in [2.05, 4.69) is 25.9 Å². The highest BCUT2D eigenvalue weighted by atomic mass is 16.5. The Morgan fingerprint density at radius 1 is 1.53 bits per heavy atom. The van der Waals surface area contributed by atoms with Crippen LogP contribution in [0.5, 0.6) is 0 Å². The van der Waals surface area contributed by atoms with Crippen molar-refractivity contribution in [1.29, 1.82) is 0 Å². The summed E-state index contributed by atoms with van der Waals surface area (Å²) in [6.07, 6.45) is 4.72. The minimum atomic E-state index is 0.625. The van der Waals surface area contributed by atoms with Gasteiger partial charge < -0.3 is 10.1 Å². The van der Waals surface area contributed by atoms with Gasteiger partial charge in [0.05, 0.1) is 6.20 Å². The second kappa shape index (κ2) is 9.35. The van der Waals surface area contributed by atoms with Gasteiger partial charge in [-0.05, 0) is 31.7 Å². The van der Waals surface area contributed by atoms with Crippen LogP contribution in [0.15, 0.2) is 11.2 Å². The van der Waals surface area contributed by atoms with Crippen molar-refractivity contribution in [3.63, 3.8) is 0 Å². The van der Waals surface area contributed by atoms with Gasteiger partial charge in [-0.1, -0.05) is 0 Å². The summed E-state index contributed by atoms with van der Waals surface area (Å²) in [6, 6.07) is 0. The van der Waals surface area contributed by atoms with E-state index >= 15 is 0 Å². The number of nitrogens with zero attached hydrogens (tertiary/aromatic N) is 2. The van der Waals surface area contributed by atoms with Gasteiger partial charge in [-0.25, -0.2) is 5.84 Å². The number of H-pyrrole nitrogens is 1. The normalized spacial score (nSPS) is 11.6. The van der Waals surface area contributed by atoms with Gasteiger partial charge in [-0.15, -0.1) is 0 Å². The predicted octanol–water partition coefficient (Wildman–Crippen LogP) is 0.0961. The van der Waals surface area contributed by atoms with Crippen LogP contribution < -0.4 is 16.6 Å². The number of aliphatic imine (C=N–C) groups is 1. The summed E-state index contributed by atoms with van der Waals surface area (Å²) in [7, 11) is 1.69. The number of hydrogen-bond acceptors (Lipinski definition) is 4. The summed E-state index contributed by atoms with van der Waals surface area (Å²) in [5.74, 6) is 6.02. The van der Waals surface area contributed by atoms with Gasteiger partial charge in [0.25, 0.3) is 0 Å². The van der Waals surface area contributed by atoms with E-state index in [1.54, 1.807) is 7.11 Å². The third kappa shape index (κ3) is 6.21. The van der Waals surface area contributed by atoms with Crippen LogP contribution in [-0.4, -0.2) is 43.0 Å². The molecule has 0 radical (unpaired) electrons. The maximum absolute atomic E-state index is 5.40. The average molecular weight is 268 g/mol. The fourth-order valence-corrected chi connectivity index (χ4v) is 1.66. The number of guanidine groups is 1. The molecule has 0 unspecified atom stereocenters. The lowest BCUT2D eigenvalue weighted by Gasteiger charge is -2.08. The minimum absolute atomic E-state index is 0.625. The molecular formula is C12H24N6O. The van der Waals surface area contributed by atoms with Crippen molar-refractivity contribution in [2.45, 2.75) is 26.2 Å². The van der Waals surface area contributed by atoms with Gasteiger partial charge in [0.15, 0.2) is 0 Å². The highest BCUT2D eigenvalue weighted by Gasteiger charge is 2.00. The Kier molecular flexibility index (Phi) is 7.60. The SMILES string of the molecule is COCCCNC(=NCCCc1cn[nH]c1C)NN. The Bertz CT molecular complexity index is 376. The number of aromatic amines is 1. The molecule has 0 atom stereocenters. The standard InChI is InChI=1S/C12H24N6O/c1-10-11(9-16-18-10)5-3-6-14-12(17-13)15-7-4-8-19-2/h9H,3-8,13H2,1-2H3,(H,16,18)(H2,14,15,17). The maximum Gasteiger partial charge on any atom is 0.205 e. The number of aryl methyl sites for hydroxylation is 2. The first-order chi connectivity index (χ1) is 9.27. The highest BCUT2D eigenvalue weighted by molar-refractivity contribution is 5.79. The molecule has 0 spiro atoms. The molecular weight excluding hydrogens is 244 g/mol. The van der Waals surface area contributed by atoms with Crippen LogP contribution in [-0.2, 0) is 11.2 Å². The van der Waals surface area contributed by atoms with Crippen molar-refractivity contribution in [2.24, 2.45) is 10.8 Å². The number of nitrogens with one attached hydrogen (secondary N) is 3. The first-order valence-corrected chi connectivity index (χ1v) is 6.50. The molecule has 0 saturated carbocycles. The molecule has 0 bridgehead atoms. The van der Waals surface area contributed by atoms with Crippen molar-refractivity contribution >= 4 is 5.96 Å². The topological polar surface area (TPSA) is 100 Å². The number of rotatable bonds is 8. The van der Waals surface area contributed by atoms with Gasteiger partial charge in [0.1, 0.15) is 0 Å². The van der Waals surface area contributed by atoms with E-state index in [0.717, 1.165) is 44.7 Å². The third-order valence-electron chi connectivity index (χ3n) is 2.76. The van der Waals surface area contributed by atoms with Crippen LogP contribution in [0.1, 0.15) is 24.1 Å². The quantitative estimate of drug-likeness (QED) is 0.176. The van der Waals surface area contributed by atoms with E-state index in [1.165, 1.54) is 5.56 Å². The van der Waals surface area contributed by atoms with E-state index in [0.29, 0.717) is 5.96 Å². The number of hydrazine groups is 1. The fourth-order valence-electron chi connectivity index (χ4n) is 1.66. The highest BCUT2D eigenvalue weighted by Crippen LogP contribution is 2.05. The van der Waals surface area contributed by atoms with Gasteiger partial charge in [-0.2, -0.15) is 5.10 Å². The lowest BCUT2D eigenvalue weighted by atomic mass is 10.1. The Balaban J connectivity index is 2.19. The molecule has 0 amide bonds. The predicted molar refractivity (Wildman–Crippen MR) is 75.8 cm³/mol. The molecule has 1 rings (SSSR count). The molecule has 0 aliphatic carbocycles. The maximum atomic E-state index is 5.40. The summed E-state index contributed by atoms with van der Waals surface area (Å²) in [5, 5.41) is 10.0. The second-order valence-electron chi connectivity index (χ2n) is 4.27. The molecule has 7 nitrogen and oxygen atoms in total. The fraction of sp³-hybridized carbons (Fsp3) is 0.667. The van der Waals surface area contributed by atoms with Gasteiger partial charge >= 0.3 is 0 Å². The second-order valence-corrected chi connectivity index (χ2v) is 4.27. The molecule has 0 aliphatic heterocycles. The largest absolute Gasteiger partial charge is 0.385 e. The van der Waals surface area contributed by atoms with Crippen LogP contribution in [0.4, 0.5) is 0 Å². The molecule has 7 heteroatoms. The smallest absolute Gasteiger partial charge is 0.205 e. The van der Waals surface area contributed by atoms with Crippen LogP contribution in [0.3, 0.4) is 0 Å².